The van der Waals surface area contributed by atoms with Crippen molar-refractivity contribution in [3.8, 4) is 0 Å². The first-order valence-electron chi connectivity index (χ1n) is 10.9. The van der Waals surface area contributed by atoms with Gasteiger partial charge in [-0.25, -0.2) is 9.97 Å². The Morgan fingerprint density at radius 1 is 1.13 bits per heavy atom. The van der Waals surface area contributed by atoms with Crippen molar-refractivity contribution in [3.63, 3.8) is 0 Å². The average molecular weight is 423 g/mol. The minimum absolute atomic E-state index is 0.0273. The summed E-state index contributed by atoms with van der Waals surface area (Å²) >= 11 is 1.49. The number of benzene rings is 1. The zero-order valence-corrected chi connectivity index (χ0v) is 19.1. The van der Waals surface area contributed by atoms with Crippen molar-refractivity contribution in [2.45, 2.75) is 59.5 Å². The first kappa shape index (κ1) is 20.9. The fourth-order valence-corrected chi connectivity index (χ4v) is 5.08. The summed E-state index contributed by atoms with van der Waals surface area (Å²) in [7, 11) is 0. The van der Waals surface area contributed by atoms with Gasteiger partial charge in [0.05, 0.1) is 10.6 Å². The van der Waals surface area contributed by atoms with Crippen LogP contribution in [0.2, 0.25) is 0 Å². The Balaban J connectivity index is 1.53. The Hall–Kier alpha value is -2.31. The van der Waals surface area contributed by atoms with Crippen molar-refractivity contribution in [1.29, 1.82) is 0 Å². The summed E-state index contributed by atoms with van der Waals surface area (Å²) < 4.78 is 0. The van der Waals surface area contributed by atoms with Gasteiger partial charge >= 0.3 is 0 Å². The molecule has 2 aromatic heterocycles. The Bertz CT molecular complexity index is 1070. The lowest BCUT2D eigenvalue weighted by molar-refractivity contribution is 0.0954. The average Bonchev–Trinajstić information content (AvgIpc) is 3.54. The molecule has 30 heavy (non-hydrogen) atoms. The van der Waals surface area contributed by atoms with Crippen molar-refractivity contribution < 1.29 is 4.79 Å². The first-order chi connectivity index (χ1) is 14.5. The van der Waals surface area contributed by atoms with Gasteiger partial charge < -0.3 is 5.32 Å². The van der Waals surface area contributed by atoms with E-state index < -0.39 is 0 Å². The third-order valence-corrected chi connectivity index (χ3v) is 7.17. The van der Waals surface area contributed by atoms with Gasteiger partial charge in [-0.1, -0.05) is 38.1 Å². The lowest BCUT2D eigenvalue weighted by Crippen LogP contribution is -2.26. The molecule has 1 amide bonds. The van der Waals surface area contributed by atoms with E-state index in [1.807, 2.05) is 19.9 Å². The molecular formula is C24H30N4OS. The molecule has 158 valence electrons. The van der Waals surface area contributed by atoms with Crippen LogP contribution in [0.1, 0.15) is 70.5 Å². The standard InChI is InChI=1S/C24H30N4OS/c1-5-28(6-2)14-19-10-8-7-9-18(19)13-25-23(29)21-15(3)20-16(4)26-22(17-11-12-17)27-24(20)30-21/h7-10,17H,5-6,11-14H2,1-4H3,(H,25,29). The molecule has 0 atom stereocenters. The molecule has 0 radical (unpaired) electrons. The molecule has 0 bridgehead atoms. The highest BCUT2D eigenvalue weighted by Crippen LogP contribution is 2.40. The maximum atomic E-state index is 13.0. The van der Waals surface area contributed by atoms with E-state index in [0.717, 1.165) is 51.8 Å². The third-order valence-electron chi connectivity index (χ3n) is 5.98. The number of nitrogens with zero attached hydrogens (tertiary/aromatic N) is 3. The Morgan fingerprint density at radius 2 is 1.83 bits per heavy atom. The number of nitrogens with one attached hydrogen (secondary N) is 1. The number of amides is 1. The Kier molecular flexibility index (Phi) is 6.16. The predicted octanol–water partition coefficient (Wildman–Crippen LogP) is 4.96. The highest BCUT2D eigenvalue weighted by Gasteiger charge is 2.28. The van der Waals surface area contributed by atoms with Crippen LogP contribution in [-0.2, 0) is 13.1 Å². The molecule has 6 heteroatoms. The summed E-state index contributed by atoms with van der Waals surface area (Å²) in [6, 6.07) is 8.37. The van der Waals surface area contributed by atoms with E-state index in [1.54, 1.807) is 0 Å². The minimum Gasteiger partial charge on any atom is -0.347 e. The van der Waals surface area contributed by atoms with Crippen LogP contribution in [-0.4, -0.2) is 33.9 Å². The van der Waals surface area contributed by atoms with Crippen molar-refractivity contribution in [3.05, 3.63) is 57.4 Å². The molecule has 1 saturated carbocycles. The highest BCUT2D eigenvalue weighted by molar-refractivity contribution is 7.20. The molecule has 3 aromatic rings. The molecule has 0 spiro atoms. The van der Waals surface area contributed by atoms with E-state index in [2.05, 4.69) is 42.3 Å². The number of carbonyl (C=O) groups excluding carboxylic acids is 1. The van der Waals surface area contributed by atoms with Crippen molar-refractivity contribution >= 4 is 27.5 Å². The van der Waals surface area contributed by atoms with Gasteiger partial charge in [0.15, 0.2) is 0 Å². The lowest BCUT2D eigenvalue weighted by Gasteiger charge is -2.20. The van der Waals surface area contributed by atoms with Crippen LogP contribution in [0.3, 0.4) is 0 Å². The number of aryl methyl sites for hydroxylation is 2. The number of thiophene rings is 1. The number of aromatic nitrogens is 2. The summed E-state index contributed by atoms with van der Waals surface area (Å²) in [5, 5.41) is 4.18. The highest BCUT2D eigenvalue weighted by atomic mass is 32.1. The zero-order chi connectivity index (χ0) is 21.3. The van der Waals surface area contributed by atoms with Crippen LogP contribution in [0.4, 0.5) is 0 Å². The maximum absolute atomic E-state index is 13.0. The largest absolute Gasteiger partial charge is 0.347 e. The van der Waals surface area contributed by atoms with E-state index >= 15 is 0 Å². The van der Waals surface area contributed by atoms with Gasteiger partial charge in [-0.15, -0.1) is 11.3 Å². The summed E-state index contributed by atoms with van der Waals surface area (Å²) in [5.74, 6) is 1.43. The molecule has 0 saturated heterocycles. The van der Waals surface area contributed by atoms with Crippen molar-refractivity contribution in [1.82, 2.24) is 20.2 Å². The molecule has 1 aliphatic rings. The molecule has 4 rings (SSSR count). The van der Waals surface area contributed by atoms with E-state index in [1.165, 1.54) is 35.3 Å². The monoisotopic (exact) mass is 422 g/mol. The van der Waals surface area contributed by atoms with Crippen LogP contribution in [0, 0.1) is 13.8 Å². The summed E-state index contributed by atoms with van der Waals surface area (Å²) in [4.78, 5) is 26.6. The molecule has 0 unspecified atom stereocenters. The summed E-state index contributed by atoms with van der Waals surface area (Å²) in [5.41, 5.74) is 4.41. The van der Waals surface area contributed by atoms with Gasteiger partial charge in [0.1, 0.15) is 10.7 Å². The van der Waals surface area contributed by atoms with Crippen LogP contribution in [0.25, 0.3) is 10.2 Å². The second-order valence-corrected chi connectivity index (χ2v) is 9.09. The van der Waals surface area contributed by atoms with E-state index in [9.17, 15) is 4.79 Å². The van der Waals surface area contributed by atoms with Crippen LogP contribution >= 0.6 is 11.3 Å². The molecule has 2 heterocycles. The second kappa shape index (κ2) is 8.82. The minimum atomic E-state index is -0.0273. The van der Waals surface area contributed by atoms with E-state index in [4.69, 9.17) is 9.97 Å². The lowest BCUT2D eigenvalue weighted by atomic mass is 10.1. The van der Waals surface area contributed by atoms with Gasteiger partial charge in [0, 0.05) is 24.4 Å². The zero-order valence-electron chi connectivity index (χ0n) is 18.3. The molecule has 1 aromatic carbocycles. The number of carbonyl (C=O) groups is 1. The first-order valence-corrected chi connectivity index (χ1v) is 11.7. The van der Waals surface area contributed by atoms with Gasteiger partial charge in [-0.3, -0.25) is 9.69 Å². The van der Waals surface area contributed by atoms with Gasteiger partial charge in [-0.05, 0) is 56.5 Å². The number of hydrogen-bond acceptors (Lipinski definition) is 5. The Morgan fingerprint density at radius 3 is 2.50 bits per heavy atom. The fraction of sp³-hybridized carbons (Fsp3) is 0.458. The summed E-state index contributed by atoms with van der Waals surface area (Å²) in [6.07, 6.45) is 2.35. The van der Waals surface area contributed by atoms with Crippen LogP contribution in [0.5, 0.6) is 0 Å². The van der Waals surface area contributed by atoms with E-state index in [-0.39, 0.29) is 5.91 Å². The van der Waals surface area contributed by atoms with Gasteiger partial charge in [0.2, 0.25) is 0 Å². The molecule has 1 aliphatic carbocycles. The molecule has 1 fully saturated rings. The SMILES string of the molecule is CCN(CC)Cc1ccccc1CNC(=O)c1sc2nc(C3CC3)nc(C)c2c1C. The smallest absolute Gasteiger partial charge is 0.261 e. The van der Waals surface area contributed by atoms with E-state index in [0.29, 0.717) is 12.5 Å². The molecule has 5 nitrogen and oxygen atoms in total. The van der Waals surface area contributed by atoms with Gasteiger partial charge in [0.25, 0.3) is 5.91 Å². The topological polar surface area (TPSA) is 58.1 Å². The normalized spacial score (nSPS) is 13.9. The maximum Gasteiger partial charge on any atom is 0.261 e. The number of fused-ring (bicyclic) bond motifs is 1. The quantitative estimate of drug-likeness (QED) is 0.558. The molecule has 0 aliphatic heterocycles. The van der Waals surface area contributed by atoms with Crippen molar-refractivity contribution in [2.75, 3.05) is 13.1 Å². The predicted molar refractivity (Wildman–Crippen MR) is 123 cm³/mol. The van der Waals surface area contributed by atoms with Crippen LogP contribution in [0.15, 0.2) is 24.3 Å². The van der Waals surface area contributed by atoms with Crippen molar-refractivity contribution in [2.24, 2.45) is 0 Å². The van der Waals surface area contributed by atoms with Crippen LogP contribution < -0.4 is 5.32 Å². The Labute approximate surface area is 182 Å². The third kappa shape index (κ3) is 4.25. The molecular weight excluding hydrogens is 392 g/mol. The molecule has 1 N–H and O–H groups in total. The number of hydrogen-bond donors (Lipinski definition) is 1. The van der Waals surface area contributed by atoms with Gasteiger partial charge in [-0.2, -0.15) is 0 Å². The fourth-order valence-electron chi connectivity index (χ4n) is 3.93. The summed E-state index contributed by atoms with van der Waals surface area (Å²) in [6.45, 7) is 11.9. The number of rotatable bonds is 8. The second-order valence-electron chi connectivity index (χ2n) is 8.09.